The summed E-state index contributed by atoms with van der Waals surface area (Å²) in [6, 6.07) is 21.8. The molecule has 0 saturated heterocycles. The molecule has 0 aliphatic carbocycles. The van der Waals surface area contributed by atoms with E-state index in [1.54, 1.807) is 0 Å². The van der Waals surface area contributed by atoms with Crippen molar-refractivity contribution < 1.29 is 9.53 Å². The molecular formula is C30H32N4O3. The molecule has 190 valence electrons. The monoisotopic (exact) mass is 496 g/mol. The predicted molar refractivity (Wildman–Crippen MR) is 149 cm³/mol. The van der Waals surface area contributed by atoms with Gasteiger partial charge >= 0.3 is 0 Å². The van der Waals surface area contributed by atoms with Crippen LogP contribution >= 0.6 is 0 Å². The van der Waals surface area contributed by atoms with Gasteiger partial charge in [0.2, 0.25) is 5.91 Å². The summed E-state index contributed by atoms with van der Waals surface area (Å²) in [4.78, 5) is 32.9. The Bertz CT molecular complexity index is 1510. The number of nitrogens with zero attached hydrogens (tertiary/aromatic N) is 2. The molecule has 37 heavy (non-hydrogen) atoms. The Labute approximate surface area is 216 Å². The standard InChI is InChI=1S/C30H32N4O3/c1-4-37-25-13-14-26-22(16-25)15-23(30(36)32-26)18-31-24-12-11-21-10-9-20-7-5-6-8-27(20)34(28(21)17-24)29(35)19-33(2)3/h5-8,11-17,31H,4,9-10,18-19H2,1-3H3,(H,32,36). The Hall–Kier alpha value is -4.10. The lowest BCUT2D eigenvalue weighted by molar-refractivity contribution is -0.118. The van der Waals surface area contributed by atoms with Crippen LogP contribution in [0.25, 0.3) is 10.9 Å². The minimum atomic E-state index is -0.129. The predicted octanol–water partition coefficient (Wildman–Crippen LogP) is 4.86. The van der Waals surface area contributed by atoms with Gasteiger partial charge in [-0.25, -0.2) is 0 Å². The Morgan fingerprint density at radius 1 is 1.00 bits per heavy atom. The number of aryl methyl sites for hydroxylation is 2. The summed E-state index contributed by atoms with van der Waals surface area (Å²) >= 11 is 0. The molecule has 5 rings (SSSR count). The third-order valence-corrected chi connectivity index (χ3v) is 6.61. The third kappa shape index (κ3) is 5.22. The molecule has 0 atom stereocenters. The van der Waals surface area contributed by atoms with Crippen molar-refractivity contribution in [3.63, 3.8) is 0 Å². The van der Waals surface area contributed by atoms with Crippen LogP contribution in [0.3, 0.4) is 0 Å². The first-order valence-corrected chi connectivity index (χ1v) is 12.6. The second kappa shape index (κ2) is 10.5. The Kier molecular flexibility index (Phi) is 6.97. The van der Waals surface area contributed by atoms with E-state index in [0.717, 1.165) is 57.7 Å². The average Bonchev–Trinajstić information content (AvgIpc) is 3.04. The number of fused-ring (bicyclic) bond motifs is 3. The summed E-state index contributed by atoms with van der Waals surface area (Å²) in [6.45, 7) is 3.19. The zero-order valence-corrected chi connectivity index (χ0v) is 21.5. The van der Waals surface area contributed by atoms with Gasteiger partial charge in [0.1, 0.15) is 5.75 Å². The van der Waals surface area contributed by atoms with Gasteiger partial charge in [0, 0.05) is 28.7 Å². The van der Waals surface area contributed by atoms with Crippen LogP contribution < -0.4 is 20.5 Å². The van der Waals surface area contributed by atoms with Gasteiger partial charge in [-0.3, -0.25) is 14.5 Å². The highest BCUT2D eigenvalue weighted by Crippen LogP contribution is 2.37. The van der Waals surface area contributed by atoms with Crippen LogP contribution in [-0.4, -0.2) is 43.0 Å². The summed E-state index contributed by atoms with van der Waals surface area (Å²) in [7, 11) is 3.80. The molecule has 0 fully saturated rings. The smallest absolute Gasteiger partial charge is 0.253 e. The summed E-state index contributed by atoms with van der Waals surface area (Å²) in [5.74, 6) is 0.795. The Morgan fingerprint density at radius 3 is 2.57 bits per heavy atom. The van der Waals surface area contributed by atoms with E-state index in [0.29, 0.717) is 25.3 Å². The van der Waals surface area contributed by atoms with Gasteiger partial charge < -0.3 is 19.9 Å². The number of carbonyl (C=O) groups excluding carboxylic acids is 1. The number of hydrogen-bond acceptors (Lipinski definition) is 5. The third-order valence-electron chi connectivity index (χ3n) is 6.61. The van der Waals surface area contributed by atoms with Crippen molar-refractivity contribution in [3.05, 3.63) is 93.8 Å². The molecule has 1 amide bonds. The van der Waals surface area contributed by atoms with Crippen LogP contribution in [0.2, 0.25) is 0 Å². The minimum absolute atomic E-state index is 0.0221. The highest BCUT2D eigenvalue weighted by Gasteiger charge is 2.26. The van der Waals surface area contributed by atoms with E-state index in [1.165, 1.54) is 0 Å². The number of likely N-dealkylation sites (N-methyl/N-ethyl adjacent to an activating group) is 1. The number of pyridine rings is 1. The average molecular weight is 497 g/mol. The fourth-order valence-electron chi connectivity index (χ4n) is 4.86. The lowest BCUT2D eigenvalue weighted by Gasteiger charge is -2.27. The maximum absolute atomic E-state index is 13.4. The first kappa shape index (κ1) is 24.6. The number of H-pyrrole nitrogens is 1. The van der Waals surface area contributed by atoms with Gasteiger partial charge in [-0.05, 0) is 87.5 Å². The first-order valence-electron chi connectivity index (χ1n) is 12.6. The fraction of sp³-hybridized carbons (Fsp3) is 0.267. The Balaban J connectivity index is 1.46. The maximum Gasteiger partial charge on any atom is 0.253 e. The van der Waals surface area contributed by atoms with Gasteiger partial charge in [-0.15, -0.1) is 0 Å². The molecular weight excluding hydrogens is 464 g/mol. The van der Waals surface area contributed by atoms with Crippen LogP contribution in [0.5, 0.6) is 5.75 Å². The van der Waals surface area contributed by atoms with Crippen LogP contribution in [0.4, 0.5) is 17.1 Å². The highest BCUT2D eigenvalue weighted by molar-refractivity contribution is 6.03. The Morgan fingerprint density at radius 2 is 1.78 bits per heavy atom. The summed E-state index contributed by atoms with van der Waals surface area (Å²) < 4.78 is 5.61. The van der Waals surface area contributed by atoms with E-state index >= 15 is 0 Å². The van der Waals surface area contributed by atoms with Crippen LogP contribution in [-0.2, 0) is 24.2 Å². The van der Waals surface area contributed by atoms with Crippen LogP contribution in [0.1, 0.15) is 23.6 Å². The molecule has 1 aliphatic rings. The normalized spacial score (nSPS) is 12.7. The number of carbonyl (C=O) groups is 1. The lowest BCUT2D eigenvalue weighted by Crippen LogP contribution is -2.35. The molecule has 0 saturated carbocycles. The SMILES string of the molecule is CCOc1ccc2[nH]c(=O)c(CNc3ccc4c(c3)N(C(=O)CN(C)C)c3ccccc3CC4)cc2c1. The van der Waals surface area contributed by atoms with E-state index < -0.39 is 0 Å². The zero-order valence-electron chi connectivity index (χ0n) is 21.5. The largest absolute Gasteiger partial charge is 0.494 e. The first-order chi connectivity index (χ1) is 17.9. The molecule has 7 heteroatoms. The van der Waals surface area contributed by atoms with Crippen LogP contribution in [0, 0.1) is 0 Å². The quantitative estimate of drug-likeness (QED) is 0.382. The van der Waals surface area contributed by atoms with Gasteiger partial charge in [0.25, 0.3) is 5.56 Å². The van der Waals surface area contributed by atoms with E-state index in [2.05, 4.69) is 22.4 Å². The zero-order chi connectivity index (χ0) is 25.9. The van der Waals surface area contributed by atoms with Gasteiger partial charge in [-0.2, -0.15) is 0 Å². The second-order valence-corrected chi connectivity index (χ2v) is 9.60. The molecule has 2 N–H and O–H groups in total. The molecule has 4 aromatic rings. The van der Waals surface area contributed by atoms with E-state index in [1.807, 2.05) is 85.4 Å². The molecule has 0 bridgehead atoms. The molecule has 0 unspecified atom stereocenters. The van der Waals surface area contributed by atoms with Crippen molar-refractivity contribution in [2.24, 2.45) is 0 Å². The van der Waals surface area contributed by atoms with Crippen molar-refractivity contribution >= 4 is 33.9 Å². The number of hydrogen-bond donors (Lipinski definition) is 2. The van der Waals surface area contributed by atoms with Crippen LogP contribution in [0.15, 0.2) is 71.5 Å². The fourth-order valence-corrected chi connectivity index (χ4v) is 4.86. The van der Waals surface area contributed by atoms with Crippen molar-refractivity contribution in [2.75, 3.05) is 37.5 Å². The van der Waals surface area contributed by atoms with Gasteiger partial charge in [-0.1, -0.05) is 24.3 Å². The number of aromatic nitrogens is 1. The molecule has 0 spiro atoms. The number of ether oxygens (including phenoxy) is 1. The highest BCUT2D eigenvalue weighted by atomic mass is 16.5. The summed E-state index contributed by atoms with van der Waals surface area (Å²) in [6.07, 6.45) is 1.72. The van der Waals surface area contributed by atoms with E-state index in [-0.39, 0.29) is 11.5 Å². The molecule has 0 radical (unpaired) electrons. The molecule has 7 nitrogen and oxygen atoms in total. The van der Waals surface area contributed by atoms with Gasteiger partial charge in [0.05, 0.1) is 24.5 Å². The van der Waals surface area contributed by atoms with Crippen molar-refractivity contribution in [1.29, 1.82) is 0 Å². The number of anilines is 3. The number of para-hydroxylation sites is 1. The summed E-state index contributed by atoms with van der Waals surface area (Å²) in [5.41, 5.74) is 6.23. The van der Waals surface area contributed by atoms with Crippen molar-refractivity contribution in [1.82, 2.24) is 9.88 Å². The van der Waals surface area contributed by atoms with Crippen molar-refractivity contribution in [3.8, 4) is 5.75 Å². The lowest BCUT2D eigenvalue weighted by atomic mass is 10.0. The molecule has 3 aromatic carbocycles. The number of rotatable bonds is 7. The number of amides is 1. The van der Waals surface area contributed by atoms with E-state index in [4.69, 9.17) is 4.74 Å². The second-order valence-electron chi connectivity index (χ2n) is 9.60. The minimum Gasteiger partial charge on any atom is -0.494 e. The number of aromatic amines is 1. The van der Waals surface area contributed by atoms with Crippen molar-refractivity contribution in [2.45, 2.75) is 26.3 Å². The van der Waals surface area contributed by atoms with Gasteiger partial charge in [0.15, 0.2) is 0 Å². The summed E-state index contributed by atoms with van der Waals surface area (Å²) in [5, 5.41) is 4.32. The number of benzene rings is 3. The van der Waals surface area contributed by atoms with E-state index in [9.17, 15) is 9.59 Å². The molecule has 1 aromatic heterocycles. The number of nitrogens with one attached hydrogen (secondary N) is 2. The maximum atomic E-state index is 13.4. The molecule has 2 heterocycles. The topological polar surface area (TPSA) is 77.7 Å². The molecule has 1 aliphatic heterocycles.